The molecule has 4 aliphatic rings. The van der Waals surface area contributed by atoms with Gasteiger partial charge in [-0.1, -0.05) is 19.6 Å². The lowest BCUT2D eigenvalue weighted by molar-refractivity contribution is 0.00750. The molecule has 6 nitrogen and oxygen atoms in total. The van der Waals surface area contributed by atoms with Gasteiger partial charge in [0.15, 0.2) is 0 Å². The number of carbonyl (C=O) groups is 1. The highest BCUT2D eigenvalue weighted by molar-refractivity contribution is 6.76. The van der Waals surface area contributed by atoms with Gasteiger partial charge in [-0.05, 0) is 74.8 Å². The molecule has 33 heavy (non-hydrogen) atoms. The molecule has 1 N–H and O–H groups in total. The average Bonchev–Trinajstić information content (AvgIpc) is 3.16. The molecule has 0 spiro atoms. The summed E-state index contributed by atoms with van der Waals surface area (Å²) >= 11 is 0. The van der Waals surface area contributed by atoms with E-state index in [1.54, 1.807) is 6.20 Å². The van der Waals surface area contributed by atoms with Crippen LogP contribution in [0.3, 0.4) is 0 Å². The molecule has 6 rings (SSSR count). The van der Waals surface area contributed by atoms with Crippen molar-refractivity contribution < 1.29 is 14.3 Å². The van der Waals surface area contributed by atoms with Crippen LogP contribution in [0.1, 0.15) is 49.4 Å². The standard InChI is InChI=1S/C26H39N3O3Si/c1-5-32-26(30)22-15-27-25-21(6-7-29(25)16-31-8-9-33(2,3)4)24(22)28-23-19-11-17-10-18(13-19)14-20(23)12-17/h6-7,15,17-20,23H,5,8-14,16H2,1-4H3,(H,27,28). The lowest BCUT2D eigenvalue weighted by Crippen LogP contribution is -2.51. The van der Waals surface area contributed by atoms with Crippen molar-refractivity contribution in [1.82, 2.24) is 9.55 Å². The fourth-order valence-corrected chi connectivity index (χ4v) is 7.39. The summed E-state index contributed by atoms with van der Waals surface area (Å²) in [6, 6.07) is 3.66. The SMILES string of the molecule is CCOC(=O)c1cnc2c(ccn2COCC[Si](C)(C)C)c1NC1C2CC3CC(C2)CC1C3. The van der Waals surface area contributed by atoms with Crippen molar-refractivity contribution >= 4 is 30.8 Å². The smallest absolute Gasteiger partial charge is 0.341 e. The summed E-state index contributed by atoms with van der Waals surface area (Å²) in [4.78, 5) is 17.5. The van der Waals surface area contributed by atoms with Crippen molar-refractivity contribution in [3.63, 3.8) is 0 Å². The van der Waals surface area contributed by atoms with Gasteiger partial charge in [0.1, 0.15) is 17.9 Å². The Morgan fingerprint density at radius 1 is 1.15 bits per heavy atom. The first-order valence-corrected chi connectivity index (χ1v) is 16.5. The van der Waals surface area contributed by atoms with Crippen molar-refractivity contribution in [1.29, 1.82) is 0 Å². The maximum atomic E-state index is 12.8. The van der Waals surface area contributed by atoms with Crippen molar-refractivity contribution in [2.45, 2.75) is 77.5 Å². The summed E-state index contributed by atoms with van der Waals surface area (Å²) in [7, 11) is -1.12. The molecule has 0 atom stereocenters. The van der Waals surface area contributed by atoms with Gasteiger partial charge in [0.2, 0.25) is 0 Å². The molecular weight excluding hydrogens is 430 g/mol. The van der Waals surface area contributed by atoms with E-state index < -0.39 is 8.07 Å². The number of esters is 1. The number of rotatable bonds is 9. The van der Waals surface area contributed by atoms with E-state index in [2.05, 4.69) is 40.6 Å². The molecule has 4 aliphatic carbocycles. The highest BCUT2D eigenvalue weighted by Crippen LogP contribution is 2.54. The van der Waals surface area contributed by atoms with Crippen LogP contribution in [0.25, 0.3) is 11.0 Å². The van der Waals surface area contributed by atoms with E-state index in [4.69, 9.17) is 9.47 Å². The average molecular weight is 470 g/mol. The summed E-state index contributed by atoms with van der Waals surface area (Å²) in [5, 5.41) is 4.88. The minimum atomic E-state index is -1.12. The number of hydrogen-bond acceptors (Lipinski definition) is 5. The van der Waals surface area contributed by atoms with Crippen LogP contribution < -0.4 is 5.32 Å². The minimum Gasteiger partial charge on any atom is -0.462 e. The van der Waals surface area contributed by atoms with E-state index in [0.29, 0.717) is 36.8 Å². The summed E-state index contributed by atoms with van der Waals surface area (Å²) in [5.74, 6) is 2.97. The summed E-state index contributed by atoms with van der Waals surface area (Å²) < 4.78 is 13.4. The van der Waals surface area contributed by atoms with Gasteiger partial charge >= 0.3 is 5.97 Å². The zero-order valence-electron chi connectivity index (χ0n) is 20.6. The van der Waals surface area contributed by atoms with Gasteiger partial charge in [0, 0.05) is 38.5 Å². The Morgan fingerprint density at radius 3 is 2.48 bits per heavy atom. The van der Waals surface area contributed by atoms with E-state index in [-0.39, 0.29) is 5.97 Å². The van der Waals surface area contributed by atoms with E-state index in [9.17, 15) is 4.79 Å². The van der Waals surface area contributed by atoms with Crippen LogP contribution in [-0.2, 0) is 16.2 Å². The molecule has 0 amide bonds. The lowest BCUT2D eigenvalue weighted by Gasteiger charge is -2.54. The molecule has 0 radical (unpaired) electrons. The van der Waals surface area contributed by atoms with Gasteiger partial charge in [-0.15, -0.1) is 0 Å². The van der Waals surface area contributed by atoms with Gasteiger partial charge in [0.05, 0.1) is 12.3 Å². The number of fused-ring (bicyclic) bond motifs is 1. The predicted octanol–water partition coefficient (Wildman–Crippen LogP) is 5.76. The second kappa shape index (κ2) is 9.06. The zero-order valence-corrected chi connectivity index (χ0v) is 21.6. The van der Waals surface area contributed by atoms with Gasteiger partial charge in [-0.2, -0.15) is 0 Å². The largest absolute Gasteiger partial charge is 0.462 e. The van der Waals surface area contributed by atoms with E-state index >= 15 is 0 Å². The van der Waals surface area contributed by atoms with Crippen LogP contribution in [0.5, 0.6) is 0 Å². The highest BCUT2D eigenvalue weighted by Gasteiger charge is 2.48. The van der Waals surface area contributed by atoms with E-state index in [1.165, 1.54) is 32.1 Å². The third-order valence-electron chi connectivity index (χ3n) is 8.05. The van der Waals surface area contributed by atoms with Crippen LogP contribution in [0.4, 0.5) is 5.69 Å². The Morgan fingerprint density at radius 2 is 1.85 bits per heavy atom. The van der Waals surface area contributed by atoms with Crippen LogP contribution >= 0.6 is 0 Å². The first-order chi connectivity index (χ1) is 15.8. The normalized spacial score (nSPS) is 28.4. The first-order valence-electron chi connectivity index (χ1n) is 12.8. The second-order valence-electron chi connectivity index (χ2n) is 11.7. The summed E-state index contributed by atoms with van der Waals surface area (Å²) in [5.41, 5.74) is 2.31. The maximum absolute atomic E-state index is 12.8. The number of aromatic nitrogens is 2. The number of ether oxygens (including phenoxy) is 2. The third-order valence-corrected chi connectivity index (χ3v) is 9.75. The van der Waals surface area contributed by atoms with Gasteiger partial charge in [0.25, 0.3) is 0 Å². The molecule has 7 heteroatoms. The molecule has 180 valence electrons. The van der Waals surface area contributed by atoms with Crippen LogP contribution in [-0.4, -0.2) is 42.8 Å². The Bertz CT molecular complexity index is 984. The molecular formula is C26H39N3O3Si. The lowest BCUT2D eigenvalue weighted by atomic mass is 9.54. The van der Waals surface area contributed by atoms with Gasteiger partial charge in [-0.25, -0.2) is 9.78 Å². The Hall–Kier alpha value is -1.86. The predicted molar refractivity (Wildman–Crippen MR) is 134 cm³/mol. The number of nitrogens with one attached hydrogen (secondary N) is 1. The van der Waals surface area contributed by atoms with Crippen LogP contribution in [0.15, 0.2) is 18.5 Å². The third kappa shape index (κ3) is 4.71. The van der Waals surface area contributed by atoms with E-state index in [1.807, 2.05) is 13.1 Å². The molecule has 0 aromatic carbocycles. The number of anilines is 1. The van der Waals surface area contributed by atoms with Crippen molar-refractivity contribution in [3.05, 3.63) is 24.0 Å². The molecule has 0 saturated heterocycles. The van der Waals surface area contributed by atoms with Crippen molar-refractivity contribution in [2.24, 2.45) is 23.7 Å². The maximum Gasteiger partial charge on any atom is 0.341 e. The van der Waals surface area contributed by atoms with Crippen LogP contribution in [0, 0.1) is 23.7 Å². The van der Waals surface area contributed by atoms with E-state index in [0.717, 1.165) is 41.2 Å². The molecule has 2 heterocycles. The van der Waals surface area contributed by atoms with Gasteiger partial charge in [-0.3, -0.25) is 0 Å². The number of pyridine rings is 1. The molecule has 2 aromatic rings. The van der Waals surface area contributed by atoms with Crippen molar-refractivity contribution in [2.75, 3.05) is 18.5 Å². The topological polar surface area (TPSA) is 65.4 Å². The quantitative estimate of drug-likeness (QED) is 0.287. The zero-order chi connectivity index (χ0) is 23.2. The van der Waals surface area contributed by atoms with Crippen molar-refractivity contribution in [3.8, 4) is 0 Å². The number of hydrogen-bond donors (Lipinski definition) is 1. The minimum absolute atomic E-state index is 0.294. The fourth-order valence-electron chi connectivity index (χ4n) is 6.63. The molecule has 4 bridgehead atoms. The summed E-state index contributed by atoms with van der Waals surface area (Å²) in [6.07, 6.45) is 10.5. The first kappa shape index (κ1) is 22.9. The second-order valence-corrected chi connectivity index (χ2v) is 17.4. The Kier molecular flexibility index (Phi) is 6.29. The Labute approximate surface area is 198 Å². The fraction of sp³-hybridized carbons (Fsp3) is 0.692. The monoisotopic (exact) mass is 469 g/mol. The number of nitrogens with zero attached hydrogens (tertiary/aromatic N) is 2. The molecule has 0 unspecified atom stereocenters. The van der Waals surface area contributed by atoms with Crippen LogP contribution in [0.2, 0.25) is 25.7 Å². The number of carbonyl (C=O) groups excluding carboxylic acids is 1. The molecule has 4 fully saturated rings. The highest BCUT2D eigenvalue weighted by atomic mass is 28.3. The molecule has 2 aromatic heterocycles. The Balaban J connectivity index is 1.41. The summed E-state index contributed by atoms with van der Waals surface area (Å²) in [6.45, 7) is 10.6. The van der Waals surface area contributed by atoms with Gasteiger partial charge < -0.3 is 19.4 Å². The molecule has 0 aliphatic heterocycles. The molecule has 4 saturated carbocycles.